The van der Waals surface area contributed by atoms with E-state index < -0.39 is 0 Å². The maximum atomic E-state index is 12.8. The number of aromatic nitrogens is 2. The lowest BCUT2D eigenvalue weighted by molar-refractivity contribution is 0.0730. The first-order valence-corrected chi connectivity index (χ1v) is 8.75. The molecule has 5 nitrogen and oxygen atoms in total. The van der Waals surface area contributed by atoms with Crippen LogP contribution in [0.1, 0.15) is 21.5 Å². The van der Waals surface area contributed by atoms with Gasteiger partial charge in [0.25, 0.3) is 5.91 Å². The van der Waals surface area contributed by atoms with Crippen molar-refractivity contribution in [2.45, 2.75) is 19.1 Å². The van der Waals surface area contributed by atoms with Crippen LogP contribution in [0.4, 0.5) is 0 Å². The second-order valence-electron chi connectivity index (χ2n) is 6.64. The van der Waals surface area contributed by atoms with Gasteiger partial charge in [0.15, 0.2) is 0 Å². The van der Waals surface area contributed by atoms with Crippen LogP contribution in [0.3, 0.4) is 0 Å². The van der Waals surface area contributed by atoms with E-state index in [1.165, 1.54) is 5.56 Å². The molecule has 1 atom stereocenters. The number of carbonyl (C=O) groups excluding carboxylic acids is 1. The zero-order valence-electron chi connectivity index (χ0n) is 14.7. The highest BCUT2D eigenvalue weighted by molar-refractivity contribution is 5.94. The lowest BCUT2D eigenvalue weighted by Gasteiger charge is -2.21. The standard InChI is InChI=1S/C21H21N3O2/c1-23(15-19-13-17-7-2-3-9-20(17)26-19)21(25)18-8-4-6-16(12-18)14-24-11-5-10-22-24/h2-12,19H,13-15H2,1H3. The summed E-state index contributed by atoms with van der Waals surface area (Å²) in [4.78, 5) is 14.5. The lowest BCUT2D eigenvalue weighted by Crippen LogP contribution is -2.36. The van der Waals surface area contributed by atoms with Crippen LogP contribution in [0, 0.1) is 0 Å². The minimum Gasteiger partial charge on any atom is -0.488 e. The molecule has 0 bridgehead atoms. The van der Waals surface area contributed by atoms with E-state index in [-0.39, 0.29) is 12.0 Å². The third-order valence-corrected chi connectivity index (χ3v) is 4.62. The van der Waals surface area contributed by atoms with E-state index in [0.29, 0.717) is 18.7 Å². The third-order valence-electron chi connectivity index (χ3n) is 4.62. The Bertz CT molecular complexity index is 880. The summed E-state index contributed by atoms with van der Waals surface area (Å²) in [5.74, 6) is 0.937. The van der Waals surface area contributed by atoms with E-state index in [0.717, 1.165) is 17.7 Å². The summed E-state index contributed by atoms with van der Waals surface area (Å²) < 4.78 is 7.80. The van der Waals surface area contributed by atoms with Gasteiger partial charge >= 0.3 is 0 Å². The number of carbonyl (C=O) groups is 1. The van der Waals surface area contributed by atoms with Gasteiger partial charge in [-0.25, -0.2) is 0 Å². The highest BCUT2D eigenvalue weighted by Crippen LogP contribution is 2.28. The lowest BCUT2D eigenvalue weighted by atomic mass is 10.1. The van der Waals surface area contributed by atoms with E-state index in [1.807, 2.05) is 66.5 Å². The first-order valence-electron chi connectivity index (χ1n) is 8.75. The van der Waals surface area contributed by atoms with Gasteiger partial charge in [-0.05, 0) is 35.4 Å². The highest BCUT2D eigenvalue weighted by Gasteiger charge is 2.25. The first-order chi connectivity index (χ1) is 12.7. The molecule has 132 valence electrons. The molecule has 0 radical (unpaired) electrons. The molecule has 1 unspecified atom stereocenters. The molecule has 3 aromatic rings. The summed E-state index contributed by atoms with van der Waals surface area (Å²) in [6, 6.07) is 17.7. The van der Waals surface area contributed by atoms with Gasteiger partial charge in [-0.1, -0.05) is 30.3 Å². The molecule has 1 aliphatic heterocycles. The van der Waals surface area contributed by atoms with E-state index in [9.17, 15) is 4.79 Å². The van der Waals surface area contributed by atoms with Gasteiger partial charge in [-0.15, -0.1) is 0 Å². The number of hydrogen-bond acceptors (Lipinski definition) is 3. The molecular formula is C21H21N3O2. The van der Waals surface area contributed by atoms with Crippen molar-refractivity contribution in [2.75, 3.05) is 13.6 Å². The molecule has 0 saturated heterocycles. The fraction of sp³-hybridized carbons (Fsp3) is 0.238. The molecular weight excluding hydrogens is 326 g/mol. The second kappa shape index (κ2) is 7.04. The Morgan fingerprint density at radius 3 is 2.92 bits per heavy atom. The Balaban J connectivity index is 1.41. The van der Waals surface area contributed by atoms with Crippen molar-refractivity contribution >= 4 is 5.91 Å². The van der Waals surface area contributed by atoms with Crippen LogP contribution in [0.2, 0.25) is 0 Å². The minimum absolute atomic E-state index is 0.00636. The van der Waals surface area contributed by atoms with E-state index in [4.69, 9.17) is 4.74 Å². The van der Waals surface area contributed by atoms with Crippen LogP contribution in [0.15, 0.2) is 67.0 Å². The van der Waals surface area contributed by atoms with Crippen molar-refractivity contribution in [3.8, 4) is 5.75 Å². The Labute approximate surface area is 152 Å². The fourth-order valence-electron chi connectivity index (χ4n) is 3.35. The number of ether oxygens (including phenoxy) is 1. The van der Waals surface area contributed by atoms with Gasteiger partial charge in [0.05, 0.1) is 13.1 Å². The van der Waals surface area contributed by atoms with Crippen LogP contribution in [0.25, 0.3) is 0 Å². The van der Waals surface area contributed by atoms with E-state index >= 15 is 0 Å². The molecule has 1 aliphatic rings. The maximum absolute atomic E-state index is 12.8. The summed E-state index contributed by atoms with van der Waals surface area (Å²) in [6.07, 6.45) is 4.51. The monoisotopic (exact) mass is 347 g/mol. The summed E-state index contributed by atoms with van der Waals surface area (Å²) in [6.45, 7) is 1.22. The molecule has 5 heteroatoms. The first kappa shape index (κ1) is 16.4. The molecule has 0 fully saturated rings. The zero-order valence-corrected chi connectivity index (χ0v) is 14.7. The number of nitrogens with zero attached hydrogens (tertiary/aromatic N) is 3. The molecule has 4 rings (SSSR count). The van der Waals surface area contributed by atoms with Crippen LogP contribution < -0.4 is 4.74 Å². The van der Waals surface area contributed by atoms with Crippen molar-refractivity contribution in [3.05, 3.63) is 83.7 Å². The van der Waals surface area contributed by atoms with Gasteiger partial charge < -0.3 is 9.64 Å². The van der Waals surface area contributed by atoms with Crippen molar-refractivity contribution in [1.82, 2.24) is 14.7 Å². The summed E-state index contributed by atoms with van der Waals surface area (Å²) >= 11 is 0. The maximum Gasteiger partial charge on any atom is 0.253 e. The zero-order chi connectivity index (χ0) is 17.9. The minimum atomic E-state index is 0.00636. The van der Waals surface area contributed by atoms with Crippen molar-refractivity contribution in [1.29, 1.82) is 0 Å². The average molecular weight is 347 g/mol. The van der Waals surface area contributed by atoms with Crippen molar-refractivity contribution in [3.63, 3.8) is 0 Å². The Kier molecular flexibility index (Phi) is 4.44. The van der Waals surface area contributed by atoms with Gasteiger partial charge in [0.1, 0.15) is 11.9 Å². The molecule has 26 heavy (non-hydrogen) atoms. The molecule has 0 spiro atoms. The smallest absolute Gasteiger partial charge is 0.253 e. The molecule has 0 N–H and O–H groups in total. The third kappa shape index (κ3) is 3.47. The van der Waals surface area contributed by atoms with Gasteiger partial charge in [0.2, 0.25) is 0 Å². The van der Waals surface area contributed by atoms with E-state index in [2.05, 4.69) is 11.2 Å². The Morgan fingerprint density at radius 2 is 2.12 bits per heavy atom. The van der Waals surface area contributed by atoms with Gasteiger partial charge in [-0.3, -0.25) is 9.48 Å². The number of fused-ring (bicyclic) bond motifs is 1. The normalized spacial score (nSPS) is 15.3. The Morgan fingerprint density at radius 1 is 1.23 bits per heavy atom. The number of benzene rings is 2. The van der Waals surface area contributed by atoms with Crippen molar-refractivity contribution in [2.24, 2.45) is 0 Å². The average Bonchev–Trinajstić information content (AvgIpc) is 3.30. The summed E-state index contributed by atoms with van der Waals surface area (Å²) in [5, 5.41) is 4.21. The number of hydrogen-bond donors (Lipinski definition) is 0. The molecule has 2 heterocycles. The van der Waals surface area contributed by atoms with Crippen LogP contribution in [-0.4, -0.2) is 40.3 Å². The molecule has 1 aromatic heterocycles. The summed E-state index contributed by atoms with van der Waals surface area (Å²) in [7, 11) is 1.83. The summed E-state index contributed by atoms with van der Waals surface area (Å²) in [5.41, 5.74) is 2.95. The number of likely N-dealkylation sites (N-methyl/N-ethyl adjacent to an activating group) is 1. The van der Waals surface area contributed by atoms with Gasteiger partial charge in [-0.2, -0.15) is 5.10 Å². The van der Waals surface area contributed by atoms with Crippen LogP contribution >= 0.6 is 0 Å². The van der Waals surface area contributed by atoms with Crippen LogP contribution in [0.5, 0.6) is 5.75 Å². The van der Waals surface area contributed by atoms with E-state index in [1.54, 1.807) is 11.1 Å². The molecule has 1 amide bonds. The topological polar surface area (TPSA) is 47.4 Å². The Hall–Kier alpha value is -3.08. The predicted molar refractivity (Wildman–Crippen MR) is 99.3 cm³/mol. The quantitative estimate of drug-likeness (QED) is 0.713. The molecule has 0 saturated carbocycles. The van der Waals surface area contributed by atoms with Crippen LogP contribution in [-0.2, 0) is 13.0 Å². The van der Waals surface area contributed by atoms with Gasteiger partial charge in [0, 0.05) is 31.4 Å². The number of para-hydroxylation sites is 1. The number of amides is 1. The SMILES string of the molecule is CN(CC1Cc2ccccc2O1)C(=O)c1cccc(Cn2cccn2)c1. The predicted octanol–water partition coefficient (Wildman–Crippen LogP) is 3.01. The largest absolute Gasteiger partial charge is 0.488 e. The molecule has 0 aliphatic carbocycles. The highest BCUT2D eigenvalue weighted by atomic mass is 16.5. The number of rotatable bonds is 5. The fourth-order valence-corrected chi connectivity index (χ4v) is 3.35. The second-order valence-corrected chi connectivity index (χ2v) is 6.64. The molecule has 2 aromatic carbocycles. The van der Waals surface area contributed by atoms with Crippen molar-refractivity contribution < 1.29 is 9.53 Å².